The van der Waals surface area contributed by atoms with Crippen molar-refractivity contribution in [3.63, 3.8) is 0 Å². The molecule has 0 bridgehead atoms. The number of primary amides is 1. The van der Waals surface area contributed by atoms with Crippen molar-refractivity contribution in [1.82, 2.24) is 15.5 Å². The van der Waals surface area contributed by atoms with Crippen molar-refractivity contribution in [3.05, 3.63) is 30.0 Å². The summed E-state index contributed by atoms with van der Waals surface area (Å²) in [4.78, 5) is 33.7. The number of carbonyl (C=O) groups excluding carboxylic acids is 2. The molecule has 2 aromatic rings. The van der Waals surface area contributed by atoms with Crippen LogP contribution in [0.3, 0.4) is 0 Å². The lowest BCUT2D eigenvalue weighted by Gasteiger charge is -2.11. The zero-order chi connectivity index (χ0) is 14.7. The van der Waals surface area contributed by atoms with E-state index in [0.29, 0.717) is 10.9 Å². The summed E-state index contributed by atoms with van der Waals surface area (Å²) in [7, 11) is 0. The van der Waals surface area contributed by atoms with Gasteiger partial charge in [0.15, 0.2) is 5.69 Å². The number of benzene rings is 1. The van der Waals surface area contributed by atoms with Crippen LogP contribution in [0.15, 0.2) is 24.3 Å². The molecule has 0 aliphatic heterocycles. The monoisotopic (exact) mass is 276 g/mol. The third-order valence-corrected chi connectivity index (χ3v) is 2.69. The number of aliphatic carboxylic acids is 1. The number of aromatic amines is 1. The Morgan fingerprint density at radius 2 is 2.05 bits per heavy atom. The second kappa shape index (κ2) is 5.39. The van der Waals surface area contributed by atoms with Gasteiger partial charge in [0.2, 0.25) is 5.91 Å². The van der Waals surface area contributed by atoms with Crippen molar-refractivity contribution in [2.24, 2.45) is 5.73 Å². The average Bonchev–Trinajstić information content (AvgIpc) is 2.81. The van der Waals surface area contributed by atoms with E-state index in [1.165, 1.54) is 0 Å². The Labute approximate surface area is 113 Å². The molecular weight excluding hydrogens is 264 g/mol. The number of nitrogens with two attached hydrogens (primary N) is 1. The molecule has 0 saturated heterocycles. The lowest BCUT2D eigenvalue weighted by atomic mass is 10.1. The van der Waals surface area contributed by atoms with Crippen LogP contribution in [0.2, 0.25) is 0 Å². The predicted octanol–water partition coefficient (Wildman–Crippen LogP) is -0.379. The number of carbonyl (C=O) groups is 3. The van der Waals surface area contributed by atoms with Gasteiger partial charge < -0.3 is 16.2 Å². The van der Waals surface area contributed by atoms with Gasteiger partial charge in [-0.15, -0.1) is 0 Å². The summed E-state index contributed by atoms with van der Waals surface area (Å²) < 4.78 is 0. The Bertz CT molecular complexity index is 679. The maximum absolute atomic E-state index is 12.0. The van der Waals surface area contributed by atoms with Crippen molar-refractivity contribution >= 4 is 28.7 Å². The van der Waals surface area contributed by atoms with Crippen LogP contribution >= 0.6 is 0 Å². The third-order valence-electron chi connectivity index (χ3n) is 2.69. The molecule has 0 radical (unpaired) electrons. The van der Waals surface area contributed by atoms with E-state index >= 15 is 0 Å². The molecule has 8 nitrogen and oxygen atoms in total. The highest BCUT2D eigenvalue weighted by atomic mass is 16.4. The van der Waals surface area contributed by atoms with E-state index in [1.807, 2.05) is 0 Å². The van der Waals surface area contributed by atoms with Crippen LogP contribution < -0.4 is 11.1 Å². The molecule has 0 aliphatic rings. The zero-order valence-electron chi connectivity index (χ0n) is 10.3. The number of rotatable bonds is 5. The fourth-order valence-corrected chi connectivity index (χ4v) is 1.76. The first-order valence-electron chi connectivity index (χ1n) is 5.74. The predicted molar refractivity (Wildman–Crippen MR) is 68.8 cm³/mol. The molecule has 1 atom stereocenters. The highest BCUT2D eigenvalue weighted by Gasteiger charge is 2.24. The Morgan fingerprint density at radius 3 is 2.70 bits per heavy atom. The number of para-hydroxylation sites is 1. The number of nitrogens with zero attached hydrogens (tertiary/aromatic N) is 1. The Hall–Kier alpha value is -2.90. The molecule has 0 saturated carbocycles. The molecule has 5 N–H and O–H groups in total. The molecule has 0 spiro atoms. The van der Waals surface area contributed by atoms with Gasteiger partial charge in [-0.1, -0.05) is 18.2 Å². The van der Waals surface area contributed by atoms with Gasteiger partial charge in [0, 0.05) is 5.39 Å². The normalized spacial score (nSPS) is 12.0. The van der Waals surface area contributed by atoms with Gasteiger partial charge in [0.1, 0.15) is 6.04 Å². The summed E-state index contributed by atoms with van der Waals surface area (Å²) in [5, 5.41) is 18.2. The van der Waals surface area contributed by atoms with Gasteiger partial charge in [-0.25, -0.2) is 4.79 Å². The van der Waals surface area contributed by atoms with Gasteiger partial charge >= 0.3 is 5.97 Å². The van der Waals surface area contributed by atoms with Crippen LogP contribution in [0.5, 0.6) is 0 Å². The first-order valence-corrected chi connectivity index (χ1v) is 5.74. The van der Waals surface area contributed by atoms with Gasteiger partial charge in [0.05, 0.1) is 11.9 Å². The molecular formula is C12H12N4O4. The highest BCUT2D eigenvalue weighted by molar-refractivity contribution is 6.05. The molecule has 1 aromatic carbocycles. The standard InChI is InChI=1S/C12H12N4O4/c13-9(17)5-8(12(19)20)14-11(18)10-6-3-1-2-4-7(6)15-16-10/h1-4,8H,5H2,(H2,13,17)(H,14,18)(H,15,16)(H,19,20)/t8-/m0/s1. The van der Waals surface area contributed by atoms with Gasteiger partial charge in [-0.3, -0.25) is 14.7 Å². The van der Waals surface area contributed by atoms with E-state index in [1.54, 1.807) is 24.3 Å². The average molecular weight is 276 g/mol. The molecule has 2 amide bonds. The summed E-state index contributed by atoms with van der Waals surface area (Å²) in [6, 6.07) is 5.53. The van der Waals surface area contributed by atoms with Crippen LogP contribution in [0, 0.1) is 0 Å². The van der Waals surface area contributed by atoms with E-state index in [4.69, 9.17) is 10.8 Å². The second-order valence-electron chi connectivity index (χ2n) is 4.15. The van der Waals surface area contributed by atoms with Crippen molar-refractivity contribution in [1.29, 1.82) is 0 Å². The summed E-state index contributed by atoms with van der Waals surface area (Å²) in [5.74, 6) is -2.84. The molecule has 0 unspecified atom stereocenters. The largest absolute Gasteiger partial charge is 0.480 e. The van der Waals surface area contributed by atoms with Crippen molar-refractivity contribution in [2.45, 2.75) is 12.5 Å². The molecule has 20 heavy (non-hydrogen) atoms. The van der Waals surface area contributed by atoms with Crippen molar-refractivity contribution < 1.29 is 19.5 Å². The third kappa shape index (κ3) is 2.74. The molecule has 0 fully saturated rings. The molecule has 2 rings (SSSR count). The SMILES string of the molecule is NC(=O)C[C@H](NC(=O)c1n[nH]c2ccccc12)C(=O)O. The fraction of sp³-hybridized carbons (Fsp3) is 0.167. The summed E-state index contributed by atoms with van der Waals surface area (Å²) in [5.41, 5.74) is 5.66. The molecule has 1 aromatic heterocycles. The summed E-state index contributed by atoms with van der Waals surface area (Å²) in [6.07, 6.45) is -0.483. The van der Waals surface area contributed by atoms with Gasteiger partial charge in [-0.05, 0) is 6.07 Å². The van der Waals surface area contributed by atoms with Gasteiger partial charge in [0.25, 0.3) is 5.91 Å². The second-order valence-corrected chi connectivity index (χ2v) is 4.15. The Balaban J connectivity index is 2.22. The van der Waals surface area contributed by atoms with Crippen molar-refractivity contribution in [3.8, 4) is 0 Å². The highest BCUT2D eigenvalue weighted by Crippen LogP contribution is 2.15. The number of hydrogen-bond donors (Lipinski definition) is 4. The summed E-state index contributed by atoms with van der Waals surface area (Å²) >= 11 is 0. The fourth-order valence-electron chi connectivity index (χ4n) is 1.76. The number of H-pyrrole nitrogens is 1. The number of carboxylic acids is 1. The number of aromatic nitrogens is 2. The zero-order valence-corrected chi connectivity index (χ0v) is 10.3. The number of carboxylic acid groups (broad SMARTS) is 1. The molecule has 8 heteroatoms. The smallest absolute Gasteiger partial charge is 0.326 e. The number of nitrogens with one attached hydrogen (secondary N) is 2. The van der Waals surface area contributed by atoms with E-state index in [-0.39, 0.29) is 5.69 Å². The molecule has 104 valence electrons. The lowest BCUT2D eigenvalue weighted by Crippen LogP contribution is -2.43. The minimum absolute atomic E-state index is 0.0660. The maximum Gasteiger partial charge on any atom is 0.326 e. The molecule has 1 heterocycles. The van der Waals surface area contributed by atoms with Crippen LogP contribution in [0.25, 0.3) is 10.9 Å². The first-order chi connectivity index (χ1) is 9.49. The first kappa shape index (κ1) is 13.5. The van der Waals surface area contributed by atoms with Crippen LogP contribution in [-0.4, -0.2) is 39.1 Å². The molecule has 0 aliphatic carbocycles. The van der Waals surface area contributed by atoms with E-state index in [9.17, 15) is 14.4 Å². The van der Waals surface area contributed by atoms with Gasteiger partial charge in [-0.2, -0.15) is 5.10 Å². The minimum Gasteiger partial charge on any atom is -0.480 e. The Morgan fingerprint density at radius 1 is 1.35 bits per heavy atom. The van der Waals surface area contributed by atoms with Crippen LogP contribution in [0.4, 0.5) is 0 Å². The lowest BCUT2D eigenvalue weighted by molar-refractivity contribution is -0.140. The number of fused-ring (bicyclic) bond motifs is 1. The van der Waals surface area contributed by atoms with E-state index < -0.39 is 30.2 Å². The minimum atomic E-state index is -1.38. The van der Waals surface area contributed by atoms with Crippen molar-refractivity contribution in [2.75, 3.05) is 0 Å². The van der Waals surface area contributed by atoms with Crippen LogP contribution in [0.1, 0.15) is 16.9 Å². The topological polar surface area (TPSA) is 138 Å². The number of amides is 2. The Kier molecular flexibility index (Phi) is 3.65. The maximum atomic E-state index is 12.0. The number of hydrogen-bond acceptors (Lipinski definition) is 4. The summed E-state index contributed by atoms with van der Waals surface area (Å²) in [6.45, 7) is 0. The van der Waals surface area contributed by atoms with E-state index in [2.05, 4.69) is 15.5 Å². The quantitative estimate of drug-likeness (QED) is 0.589. The van der Waals surface area contributed by atoms with Crippen LogP contribution in [-0.2, 0) is 9.59 Å². The van der Waals surface area contributed by atoms with E-state index in [0.717, 1.165) is 0 Å².